The van der Waals surface area contributed by atoms with Crippen LogP contribution in [0.4, 0.5) is 0 Å². The highest BCUT2D eigenvalue weighted by Crippen LogP contribution is 2.11. The van der Waals surface area contributed by atoms with Gasteiger partial charge in [-0.25, -0.2) is 4.68 Å². The SMILES string of the molecule is CNCc1nnnn1Cc1ccc(Br)cc1. The Kier molecular flexibility index (Phi) is 3.63. The molecule has 1 aromatic heterocycles. The number of tetrazole rings is 1. The van der Waals surface area contributed by atoms with Gasteiger partial charge >= 0.3 is 0 Å². The first kappa shape index (κ1) is 11.2. The van der Waals surface area contributed by atoms with Crippen LogP contribution in [0.25, 0.3) is 0 Å². The molecule has 1 aromatic carbocycles. The molecule has 0 radical (unpaired) electrons. The van der Waals surface area contributed by atoms with Crippen molar-refractivity contribution in [2.24, 2.45) is 0 Å². The third-order valence-electron chi connectivity index (χ3n) is 2.19. The third kappa shape index (κ3) is 2.65. The van der Waals surface area contributed by atoms with E-state index >= 15 is 0 Å². The summed E-state index contributed by atoms with van der Waals surface area (Å²) in [7, 11) is 1.87. The van der Waals surface area contributed by atoms with Gasteiger partial charge < -0.3 is 5.32 Å². The van der Waals surface area contributed by atoms with Crippen LogP contribution >= 0.6 is 15.9 Å². The lowest BCUT2D eigenvalue weighted by Crippen LogP contribution is -2.13. The number of rotatable bonds is 4. The van der Waals surface area contributed by atoms with Gasteiger partial charge in [-0.2, -0.15) is 0 Å². The van der Waals surface area contributed by atoms with E-state index in [1.165, 1.54) is 5.56 Å². The molecular formula is C10H12BrN5. The van der Waals surface area contributed by atoms with Gasteiger partial charge in [0.15, 0.2) is 5.82 Å². The zero-order valence-corrected chi connectivity index (χ0v) is 10.5. The summed E-state index contributed by atoms with van der Waals surface area (Å²) in [6.07, 6.45) is 0. The minimum Gasteiger partial charge on any atom is -0.313 e. The summed E-state index contributed by atoms with van der Waals surface area (Å²) in [6, 6.07) is 8.12. The maximum atomic E-state index is 3.96. The van der Waals surface area contributed by atoms with Gasteiger partial charge in [0.05, 0.1) is 13.1 Å². The molecule has 84 valence electrons. The van der Waals surface area contributed by atoms with Crippen molar-refractivity contribution < 1.29 is 0 Å². The summed E-state index contributed by atoms with van der Waals surface area (Å²) in [5.41, 5.74) is 1.17. The number of nitrogens with one attached hydrogen (secondary N) is 1. The highest BCUT2D eigenvalue weighted by atomic mass is 79.9. The number of hydrogen-bond acceptors (Lipinski definition) is 4. The zero-order valence-electron chi connectivity index (χ0n) is 8.89. The minimum absolute atomic E-state index is 0.670. The van der Waals surface area contributed by atoms with E-state index in [0.717, 1.165) is 10.3 Å². The minimum atomic E-state index is 0.670. The van der Waals surface area contributed by atoms with Crippen LogP contribution in [0, 0.1) is 0 Å². The van der Waals surface area contributed by atoms with Crippen LogP contribution in [-0.2, 0) is 13.1 Å². The van der Waals surface area contributed by atoms with Crippen molar-refractivity contribution in [3.05, 3.63) is 40.1 Å². The molecule has 6 heteroatoms. The van der Waals surface area contributed by atoms with Crippen molar-refractivity contribution in [3.63, 3.8) is 0 Å². The molecule has 16 heavy (non-hydrogen) atoms. The fraction of sp³-hybridized carbons (Fsp3) is 0.300. The number of hydrogen-bond donors (Lipinski definition) is 1. The van der Waals surface area contributed by atoms with Gasteiger partial charge in [-0.05, 0) is 35.2 Å². The van der Waals surface area contributed by atoms with Crippen LogP contribution in [-0.4, -0.2) is 27.3 Å². The third-order valence-corrected chi connectivity index (χ3v) is 2.72. The van der Waals surface area contributed by atoms with Crippen LogP contribution < -0.4 is 5.32 Å². The summed E-state index contributed by atoms with van der Waals surface area (Å²) in [4.78, 5) is 0. The highest BCUT2D eigenvalue weighted by Gasteiger charge is 2.04. The number of nitrogens with zero attached hydrogens (tertiary/aromatic N) is 4. The number of halogens is 1. The van der Waals surface area contributed by atoms with Crippen LogP contribution in [0.2, 0.25) is 0 Å². The van der Waals surface area contributed by atoms with Crippen LogP contribution in [0.5, 0.6) is 0 Å². The normalized spacial score (nSPS) is 10.6. The largest absolute Gasteiger partial charge is 0.313 e. The smallest absolute Gasteiger partial charge is 0.165 e. The monoisotopic (exact) mass is 281 g/mol. The standard InChI is InChI=1S/C10H12BrN5/c1-12-6-10-13-14-15-16(10)7-8-2-4-9(11)5-3-8/h2-5,12H,6-7H2,1H3. The molecule has 0 amide bonds. The van der Waals surface area contributed by atoms with Gasteiger partial charge in [-0.15, -0.1) is 5.10 Å². The van der Waals surface area contributed by atoms with Crippen LogP contribution in [0.15, 0.2) is 28.7 Å². The lowest BCUT2D eigenvalue weighted by atomic mass is 10.2. The lowest BCUT2D eigenvalue weighted by Gasteiger charge is -2.04. The number of aromatic nitrogens is 4. The van der Waals surface area contributed by atoms with Gasteiger partial charge in [-0.1, -0.05) is 28.1 Å². The van der Waals surface area contributed by atoms with E-state index < -0.39 is 0 Å². The molecule has 0 unspecified atom stereocenters. The summed E-state index contributed by atoms with van der Waals surface area (Å²) < 4.78 is 2.86. The molecule has 0 aliphatic carbocycles. The molecule has 0 spiro atoms. The molecule has 2 rings (SSSR count). The molecular weight excluding hydrogens is 270 g/mol. The van der Waals surface area contributed by atoms with Gasteiger partial charge in [0.1, 0.15) is 0 Å². The molecule has 2 aromatic rings. The first-order chi connectivity index (χ1) is 7.79. The Morgan fingerprint density at radius 3 is 2.75 bits per heavy atom. The van der Waals surface area contributed by atoms with E-state index in [9.17, 15) is 0 Å². The Morgan fingerprint density at radius 1 is 1.31 bits per heavy atom. The van der Waals surface area contributed by atoms with E-state index in [1.54, 1.807) is 4.68 Å². The van der Waals surface area contributed by atoms with Crippen molar-refractivity contribution in [3.8, 4) is 0 Å². The lowest BCUT2D eigenvalue weighted by molar-refractivity contribution is 0.601. The molecule has 0 aliphatic rings. The maximum Gasteiger partial charge on any atom is 0.165 e. The first-order valence-corrected chi connectivity index (χ1v) is 5.73. The fourth-order valence-electron chi connectivity index (χ4n) is 1.39. The van der Waals surface area contributed by atoms with Gasteiger partial charge in [0.2, 0.25) is 0 Å². The first-order valence-electron chi connectivity index (χ1n) is 4.93. The molecule has 0 saturated heterocycles. The topological polar surface area (TPSA) is 55.6 Å². The summed E-state index contributed by atoms with van der Waals surface area (Å²) in [5, 5.41) is 14.6. The number of benzene rings is 1. The fourth-order valence-corrected chi connectivity index (χ4v) is 1.66. The molecule has 0 aliphatic heterocycles. The predicted molar refractivity (Wildman–Crippen MR) is 63.8 cm³/mol. The quantitative estimate of drug-likeness (QED) is 0.915. The predicted octanol–water partition coefficient (Wildman–Crippen LogP) is 1.20. The van der Waals surface area contributed by atoms with Gasteiger partial charge in [0.25, 0.3) is 0 Å². The van der Waals surface area contributed by atoms with Crippen molar-refractivity contribution >= 4 is 15.9 Å². The second kappa shape index (κ2) is 5.18. The Hall–Kier alpha value is -1.27. The summed E-state index contributed by atoms with van der Waals surface area (Å²) in [6.45, 7) is 1.36. The van der Waals surface area contributed by atoms with Gasteiger partial charge in [-0.3, -0.25) is 0 Å². The zero-order chi connectivity index (χ0) is 11.4. The second-order valence-corrected chi connectivity index (χ2v) is 4.33. The molecule has 0 saturated carbocycles. The molecule has 0 bridgehead atoms. The van der Waals surface area contributed by atoms with Gasteiger partial charge in [0, 0.05) is 4.47 Å². The van der Waals surface area contributed by atoms with Crippen molar-refractivity contribution in [1.29, 1.82) is 0 Å². The van der Waals surface area contributed by atoms with E-state index in [0.29, 0.717) is 13.1 Å². The molecule has 0 atom stereocenters. The van der Waals surface area contributed by atoms with E-state index in [2.05, 4.69) is 48.9 Å². The van der Waals surface area contributed by atoms with Crippen LogP contribution in [0.3, 0.4) is 0 Å². The van der Waals surface area contributed by atoms with Crippen LogP contribution in [0.1, 0.15) is 11.4 Å². The Bertz CT molecular complexity index is 450. The van der Waals surface area contributed by atoms with Crippen molar-refractivity contribution in [2.75, 3.05) is 7.05 Å². The Morgan fingerprint density at radius 2 is 2.06 bits per heavy atom. The van der Waals surface area contributed by atoms with Crippen molar-refractivity contribution in [1.82, 2.24) is 25.5 Å². The highest BCUT2D eigenvalue weighted by molar-refractivity contribution is 9.10. The Balaban J connectivity index is 2.13. The second-order valence-electron chi connectivity index (χ2n) is 3.41. The average Bonchev–Trinajstić information content (AvgIpc) is 2.70. The maximum absolute atomic E-state index is 3.96. The summed E-state index contributed by atoms with van der Waals surface area (Å²) >= 11 is 3.41. The molecule has 1 heterocycles. The van der Waals surface area contributed by atoms with E-state index in [4.69, 9.17) is 0 Å². The van der Waals surface area contributed by atoms with Crippen molar-refractivity contribution in [2.45, 2.75) is 13.1 Å². The molecule has 0 fully saturated rings. The summed E-state index contributed by atoms with van der Waals surface area (Å²) in [5.74, 6) is 0.838. The average molecular weight is 282 g/mol. The Labute approximate surface area is 102 Å². The van der Waals surface area contributed by atoms with E-state index in [1.807, 2.05) is 19.2 Å². The van der Waals surface area contributed by atoms with E-state index in [-0.39, 0.29) is 0 Å². The molecule has 1 N–H and O–H groups in total. The molecule has 5 nitrogen and oxygen atoms in total.